The summed E-state index contributed by atoms with van der Waals surface area (Å²) in [6.07, 6.45) is 0.667. The lowest BCUT2D eigenvalue weighted by molar-refractivity contribution is -0.116. The molecule has 0 fully saturated rings. The van der Waals surface area contributed by atoms with Crippen molar-refractivity contribution < 1.29 is 6.22 Å². The van der Waals surface area contributed by atoms with E-state index in [1.165, 1.54) is 0 Å². The summed E-state index contributed by atoms with van der Waals surface area (Å²) < 4.78 is 0. The molecular formula is C4H10O. The van der Waals surface area contributed by atoms with E-state index in [0.29, 0.717) is 6.42 Å². The zero-order chi connectivity index (χ0) is 4.28. The fraction of sp³-hybridized carbons (Fsp3) is 0.750. The van der Waals surface area contributed by atoms with E-state index in [1.54, 1.807) is 6.92 Å². The number of carbonyl (C=O) groups excluding carboxylic acids is 1. The normalized spacial score (nSPS) is 7.60. The van der Waals surface area contributed by atoms with Gasteiger partial charge in [0.2, 0.25) is 0 Å². The Labute approximate surface area is 33.5 Å². The summed E-state index contributed by atoms with van der Waals surface area (Å²) in [6, 6.07) is 0. The monoisotopic (exact) mass is 75.1 g/mol. The van der Waals surface area contributed by atoms with Crippen molar-refractivity contribution >= 4 is 5.78 Å². The molecule has 0 heterocycles. The van der Waals surface area contributed by atoms with Gasteiger partial charge < -0.3 is 4.79 Å². The van der Waals surface area contributed by atoms with Crippen LogP contribution in [0.1, 0.15) is 21.7 Å². The highest BCUT2D eigenvalue weighted by Crippen LogP contribution is 1.71. The van der Waals surface area contributed by atoms with E-state index in [1.807, 2.05) is 6.92 Å². The molecule has 0 saturated carbocycles. The van der Waals surface area contributed by atoms with Gasteiger partial charge in [0.1, 0.15) is 5.78 Å². The van der Waals surface area contributed by atoms with Gasteiger partial charge in [-0.05, 0) is 6.92 Å². The second-order valence-corrected chi connectivity index (χ2v) is 1.06. The molecule has 0 atom stereocenters. The smallest absolute Gasteiger partial charge is 0.129 e. The maximum atomic E-state index is 9.81. The molecule has 0 aliphatic carbocycles. The summed E-state index contributed by atoms with van der Waals surface area (Å²) in [7, 11) is 0. The first-order valence-electron chi connectivity index (χ1n) is 1.76. The average molecular weight is 75.1 g/mol. The molecule has 0 amide bonds. The predicted octanol–water partition coefficient (Wildman–Crippen LogP) is 1.23. The molecule has 0 saturated heterocycles. The topological polar surface area (TPSA) is 17.1 Å². The van der Waals surface area contributed by atoms with Crippen LogP contribution in [0.5, 0.6) is 0 Å². The molecule has 0 spiro atoms. The van der Waals surface area contributed by atoms with E-state index in [-0.39, 0.29) is 7.21 Å². The van der Waals surface area contributed by atoms with Crippen molar-refractivity contribution in [3.63, 3.8) is 0 Å². The minimum Gasteiger partial charge on any atom is -0.300 e. The van der Waals surface area contributed by atoms with E-state index in [0.717, 1.165) is 0 Å². The highest BCUT2D eigenvalue weighted by molar-refractivity contribution is 5.74. The van der Waals surface area contributed by atoms with Crippen LogP contribution in [-0.2, 0) is 4.79 Å². The molecule has 0 unspecified atom stereocenters. The van der Waals surface area contributed by atoms with Crippen LogP contribution in [0.2, 0.25) is 0 Å². The van der Waals surface area contributed by atoms with E-state index in [4.69, 9.17) is 0 Å². The van der Waals surface area contributed by atoms with Gasteiger partial charge in [0.25, 0.3) is 0 Å². The molecule has 0 aliphatic heterocycles. The Morgan fingerprint density at radius 1 is 2.00 bits per heavy atom. The van der Waals surface area contributed by atoms with Gasteiger partial charge in [-0.2, -0.15) is 0 Å². The third kappa shape index (κ3) is 3.67. The second kappa shape index (κ2) is 1.94. The lowest BCUT2D eigenvalue weighted by Gasteiger charge is -1.71. The molecule has 1 nitrogen and oxygen atoms in total. The Balaban J connectivity index is 0. The fourth-order valence-electron chi connectivity index (χ4n) is 0. The zero-order valence-electron chi connectivity index (χ0n) is 3.62. The van der Waals surface area contributed by atoms with Crippen LogP contribution in [0, 0.1) is 0 Å². The van der Waals surface area contributed by atoms with E-state index in [2.05, 4.69) is 0 Å². The highest BCUT2D eigenvalue weighted by atomic mass is 16.1. The Kier molecular flexibility index (Phi) is 1.81. The maximum absolute atomic E-state index is 9.81. The lowest BCUT2D eigenvalue weighted by atomic mass is 10.4. The number of ketones is 1. The van der Waals surface area contributed by atoms with Crippen LogP contribution in [0.25, 0.3) is 0 Å². The first-order chi connectivity index (χ1) is 2.27. The van der Waals surface area contributed by atoms with Crippen LogP contribution in [0.4, 0.5) is 0 Å². The summed E-state index contributed by atoms with van der Waals surface area (Å²) >= 11 is 0. The number of rotatable bonds is 1. The average Bonchev–Trinajstić information content (AvgIpc) is 1.38. The Bertz CT molecular complexity index is 42.8. The molecule has 0 bridgehead atoms. The van der Waals surface area contributed by atoms with Crippen LogP contribution >= 0.6 is 0 Å². The third-order valence-electron chi connectivity index (χ3n) is 0.498. The van der Waals surface area contributed by atoms with Gasteiger partial charge in [0, 0.05) is 7.85 Å². The van der Waals surface area contributed by atoms with Gasteiger partial charge in [0.05, 0.1) is 0 Å². The number of hydrogen-bond donors (Lipinski definition) is 0. The molecule has 0 aromatic heterocycles. The minimum atomic E-state index is 0. The maximum Gasteiger partial charge on any atom is 0.129 e. The number of Topliss-reactive ketones (excluding diaryl/α,β-unsaturated/α-hetero) is 1. The molecule has 0 aromatic rings. The second-order valence-electron chi connectivity index (χ2n) is 1.06. The van der Waals surface area contributed by atoms with Gasteiger partial charge >= 0.3 is 0 Å². The molecule has 0 N–H and O–H groups in total. The first-order valence-corrected chi connectivity index (χ1v) is 1.76. The van der Waals surface area contributed by atoms with Gasteiger partial charge in [-0.3, -0.25) is 0 Å². The lowest BCUT2D eigenvalue weighted by Crippen LogP contribution is -1.80. The van der Waals surface area contributed by atoms with Gasteiger partial charge in [-0.15, -0.1) is 0 Å². The van der Waals surface area contributed by atoms with Crippen LogP contribution < -0.4 is 0 Å². The summed E-state index contributed by atoms with van der Waals surface area (Å²) in [5, 5.41) is 0. The molecule has 0 aliphatic rings. The summed E-state index contributed by atoms with van der Waals surface area (Å²) in [5.74, 6) is 0.255. The van der Waals surface area contributed by atoms with Crippen LogP contribution in [0.3, 0.4) is 0 Å². The van der Waals surface area contributed by atoms with Crippen molar-refractivity contribution in [2.75, 3.05) is 0 Å². The molecule has 0 aromatic carbocycles. The van der Waals surface area contributed by atoms with Crippen molar-refractivity contribution in [1.82, 2.24) is 0 Å². The van der Waals surface area contributed by atoms with E-state index < -0.39 is 0 Å². The summed E-state index contributed by atoms with van der Waals surface area (Å²) in [4.78, 5) is 9.81. The Morgan fingerprint density at radius 3 is 2.20 bits per heavy atom. The SMILES string of the molecule is CCC(C)=O.[2HH]. The van der Waals surface area contributed by atoms with E-state index in [9.17, 15) is 4.79 Å². The van der Waals surface area contributed by atoms with Gasteiger partial charge in [0.15, 0.2) is 0 Å². The standard InChI is InChI=1S/C4H8O.H2/c1-3-4(2)5;/h3H2,1-2H3;1H/i;1+1. The largest absolute Gasteiger partial charge is 0.300 e. The zero-order valence-corrected chi connectivity index (χ0v) is 3.62. The molecule has 1 heteroatoms. The van der Waals surface area contributed by atoms with Gasteiger partial charge in [-0.25, -0.2) is 0 Å². The fourth-order valence-corrected chi connectivity index (χ4v) is 0. The molecule has 5 heavy (non-hydrogen) atoms. The van der Waals surface area contributed by atoms with Crippen molar-refractivity contribution in [1.29, 1.82) is 0 Å². The first kappa shape index (κ1) is 4.67. The number of hydrogen-bond acceptors (Lipinski definition) is 1. The van der Waals surface area contributed by atoms with Crippen LogP contribution in [-0.4, -0.2) is 5.78 Å². The third-order valence-corrected chi connectivity index (χ3v) is 0.498. The van der Waals surface area contributed by atoms with Crippen molar-refractivity contribution in [3.8, 4) is 0 Å². The minimum absolute atomic E-state index is 0. The van der Waals surface area contributed by atoms with Gasteiger partial charge in [-0.1, -0.05) is 6.92 Å². The van der Waals surface area contributed by atoms with Crippen LogP contribution in [0.15, 0.2) is 0 Å². The highest BCUT2D eigenvalue weighted by Gasteiger charge is 1.76. The molecule has 0 rings (SSSR count). The van der Waals surface area contributed by atoms with E-state index >= 15 is 0 Å². The Hall–Kier alpha value is -0.330. The van der Waals surface area contributed by atoms with Crippen molar-refractivity contribution in [3.05, 3.63) is 0 Å². The summed E-state index contributed by atoms with van der Waals surface area (Å²) in [5.41, 5.74) is 0. The quantitative estimate of drug-likeness (QED) is 0.458. The van der Waals surface area contributed by atoms with Crippen molar-refractivity contribution in [2.24, 2.45) is 0 Å². The molecule has 32 valence electrons. The molecule has 0 radical (unpaired) electrons. The van der Waals surface area contributed by atoms with Crippen molar-refractivity contribution in [2.45, 2.75) is 20.3 Å². The molecular weight excluding hydrogens is 64.0 g/mol. The number of carbonyl (C=O) groups is 1. The predicted molar refractivity (Wildman–Crippen MR) is 23.1 cm³/mol. The summed E-state index contributed by atoms with van der Waals surface area (Å²) in [6.45, 7) is 3.43. The Morgan fingerprint density at radius 2 is 2.20 bits per heavy atom.